The van der Waals surface area contributed by atoms with E-state index >= 15 is 0 Å². The summed E-state index contributed by atoms with van der Waals surface area (Å²) in [5.74, 6) is 1.13. The van der Waals surface area contributed by atoms with Gasteiger partial charge in [-0.25, -0.2) is 0 Å². The summed E-state index contributed by atoms with van der Waals surface area (Å²) in [5, 5.41) is 9.64. The number of anilines is 1. The van der Waals surface area contributed by atoms with Gasteiger partial charge in [0.1, 0.15) is 21.8 Å². The van der Waals surface area contributed by atoms with Gasteiger partial charge in [-0.1, -0.05) is 37.0 Å². The number of nitriles is 1. The van der Waals surface area contributed by atoms with Crippen LogP contribution >= 0.6 is 24.0 Å². The van der Waals surface area contributed by atoms with Gasteiger partial charge in [-0.3, -0.25) is 19.1 Å². The standard InChI is InChI=1S/C22H26N4O2S2/c1-5-9-26-21(28)18(30-22(26)29)11-16-15(4)17(12-23)20(27)25(6-2)19(16)24-10-7-8-14(3)13-24/h5,11,14H,1,6-10,13H2,2-4H3/b18-11-. The number of thioether (sulfide) groups is 1. The van der Waals surface area contributed by atoms with Crippen LogP contribution in [0.15, 0.2) is 22.4 Å². The predicted octanol–water partition coefficient (Wildman–Crippen LogP) is 3.67. The molecule has 30 heavy (non-hydrogen) atoms. The molecule has 1 aromatic heterocycles. The van der Waals surface area contributed by atoms with Crippen LogP contribution in [0.2, 0.25) is 0 Å². The molecule has 2 fully saturated rings. The summed E-state index contributed by atoms with van der Waals surface area (Å²) < 4.78 is 2.15. The van der Waals surface area contributed by atoms with Gasteiger partial charge in [-0.2, -0.15) is 5.26 Å². The summed E-state index contributed by atoms with van der Waals surface area (Å²) in [6.07, 6.45) is 5.64. The normalized spacial score (nSPS) is 20.7. The van der Waals surface area contributed by atoms with E-state index in [0.29, 0.717) is 33.8 Å². The number of aromatic nitrogens is 1. The monoisotopic (exact) mass is 442 g/mol. The minimum Gasteiger partial charge on any atom is -0.357 e. The Morgan fingerprint density at radius 3 is 2.73 bits per heavy atom. The maximum absolute atomic E-state index is 13.0. The number of nitrogens with zero attached hydrogens (tertiary/aromatic N) is 4. The molecule has 0 bridgehead atoms. The lowest BCUT2D eigenvalue weighted by Crippen LogP contribution is -2.40. The smallest absolute Gasteiger partial charge is 0.270 e. The maximum Gasteiger partial charge on any atom is 0.270 e. The Bertz CT molecular complexity index is 1040. The van der Waals surface area contributed by atoms with Gasteiger partial charge in [0.15, 0.2) is 0 Å². The second-order valence-electron chi connectivity index (χ2n) is 7.67. The average Bonchev–Trinajstić information content (AvgIpc) is 2.98. The summed E-state index contributed by atoms with van der Waals surface area (Å²) >= 11 is 6.61. The molecule has 2 aliphatic heterocycles. The molecule has 1 atom stereocenters. The fourth-order valence-electron chi connectivity index (χ4n) is 4.08. The zero-order valence-corrected chi connectivity index (χ0v) is 19.2. The largest absolute Gasteiger partial charge is 0.357 e. The third kappa shape index (κ3) is 3.96. The lowest BCUT2D eigenvalue weighted by atomic mass is 9.98. The van der Waals surface area contributed by atoms with Crippen LogP contribution in [0.1, 0.15) is 43.4 Å². The molecule has 6 nitrogen and oxygen atoms in total. The van der Waals surface area contributed by atoms with E-state index in [-0.39, 0.29) is 17.0 Å². The van der Waals surface area contributed by atoms with E-state index in [1.807, 2.05) is 6.92 Å². The Labute approximate surface area is 186 Å². The zero-order chi connectivity index (χ0) is 22.0. The van der Waals surface area contributed by atoms with Gasteiger partial charge in [0, 0.05) is 31.7 Å². The number of piperidine rings is 1. The van der Waals surface area contributed by atoms with Crippen LogP contribution in [-0.2, 0) is 11.3 Å². The molecule has 2 saturated heterocycles. The van der Waals surface area contributed by atoms with Gasteiger partial charge in [-0.15, -0.1) is 6.58 Å². The van der Waals surface area contributed by atoms with Crippen molar-refractivity contribution in [2.45, 2.75) is 40.2 Å². The van der Waals surface area contributed by atoms with Gasteiger partial charge in [0.05, 0.1) is 4.91 Å². The zero-order valence-electron chi connectivity index (χ0n) is 17.6. The number of carbonyl (C=O) groups is 1. The van der Waals surface area contributed by atoms with Crippen LogP contribution in [0.4, 0.5) is 5.82 Å². The molecular weight excluding hydrogens is 416 g/mol. The Morgan fingerprint density at radius 1 is 1.40 bits per heavy atom. The summed E-state index contributed by atoms with van der Waals surface area (Å²) in [7, 11) is 0. The molecular formula is C22H26N4O2S2. The van der Waals surface area contributed by atoms with E-state index in [1.165, 1.54) is 16.7 Å². The molecule has 0 aliphatic carbocycles. The summed E-state index contributed by atoms with van der Waals surface area (Å²) in [6, 6.07) is 2.07. The lowest BCUT2D eigenvalue weighted by Gasteiger charge is -2.35. The minimum absolute atomic E-state index is 0.124. The van der Waals surface area contributed by atoms with Crippen LogP contribution in [0.3, 0.4) is 0 Å². The lowest BCUT2D eigenvalue weighted by molar-refractivity contribution is -0.121. The molecule has 1 amide bonds. The third-order valence-electron chi connectivity index (χ3n) is 5.58. The number of hydrogen-bond acceptors (Lipinski definition) is 6. The molecule has 8 heteroatoms. The van der Waals surface area contributed by atoms with Crippen molar-refractivity contribution in [3.8, 4) is 6.07 Å². The molecule has 0 N–H and O–H groups in total. The van der Waals surface area contributed by atoms with Gasteiger partial charge < -0.3 is 4.90 Å². The van der Waals surface area contributed by atoms with Crippen molar-refractivity contribution < 1.29 is 4.79 Å². The highest BCUT2D eigenvalue weighted by Crippen LogP contribution is 2.36. The Kier molecular flexibility index (Phi) is 6.84. The minimum atomic E-state index is -0.276. The van der Waals surface area contributed by atoms with E-state index in [1.54, 1.807) is 23.6 Å². The van der Waals surface area contributed by atoms with Crippen molar-refractivity contribution in [1.29, 1.82) is 5.26 Å². The molecule has 3 rings (SSSR count). The molecule has 0 aromatic carbocycles. The SMILES string of the molecule is C=CCN1C(=O)/C(=C/c2c(C)c(C#N)c(=O)n(CC)c2N2CCCC(C)C2)SC1=S. The molecule has 0 saturated carbocycles. The van der Waals surface area contributed by atoms with E-state index in [9.17, 15) is 14.9 Å². The van der Waals surface area contributed by atoms with Gasteiger partial charge in [0.2, 0.25) is 0 Å². The first-order valence-corrected chi connectivity index (χ1v) is 11.3. The summed E-state index contributed by atoms with van der Waals surface area (Å²) in [4.78, 5) is 30.2. The van der Waals surface area contributed by atoms with E-state index < -0.39 is 0 Å². The molecule has 1 unspecified atom stereocenters. The first-order valence-electron chi connectivity index (χ1n) is 10.1. The number of rotatable bonds is 5. The van der Waals surface area contributed by atoms with E-state index in [4.69, 9.17) is 12.2 Å². The van der Waals surface area contributed by atoms with Crippen molar-refractivity contribution in [2.75, 3.05) is 24.5 Å². The average molecular weight is 443 g/mol. The highest BCUT2D eigenvalue weighted by molar-refractivity contribution is 8.26. The van der Waals surface area contributed by atoms with Crippen molar-refractivity contribution >= 4 is 46.1 Å². The number of thiocarbonyl (C=S) groups is 1. The van der Waals surface area contributed by atoms with Crippen LogP contribution in [0.5, 0.6) is 0 Å². The Balaban J connectivity index is 2.24. The van der Waals surface area contributed by atoms with Crippen molar-refractivity contribution in [2.24, 2.45) is 5.92 Å². The fraction of sp³-hybridized carbons (Fsp3) is 0.455. The van der Waals surface area contributed by atoms with Crippen molar-refractivity contribution in [3.63, 3.8) is 0 Å². The van der Waals surface area contributed by atoms with Gasteiger partial charge in [0.25, 0.3) is 11.5 Å². The number of amides is 1. The second kappa shape index (κ2) is 9.19. The van der Waals surface area contributed by atoms with Crippen molar-refractivity contribution in [1.82, 2.24) is 9.47 Å². The van der Waals surface area contributed by atoms with Crippen LogP contribution in [0.25, 0.3) is 6.08 Å². The maximum atomic E-state index is 13.0. The van der Waals surface area contributed by atoms with E-state index in [2.05, 4.69) is 24.5 Å². The van der Waals surface area contributed by atoms with Crippen LogP contribution < -0.4 is 10.5 Å². The highest BCUT2D eigenvalue weighted by Gasteiger charge is 2.33. The quantitative estimate of drug-likeness (QED) is 0.394. The van der Waals surface area contributed by atoms with E-state index in [0.717, 1.165) is 37.3 Å². The molecule has 0 spiro atoms. The molecule has 3 heterocycles. The van der Waals surface area contributed by atoms with Crippen LogP contribution in [-0.4, -0.2) is 39.3 Å². The molecule has 0 radical (unpaired) electrons. The summed E-state index contributed by atoms with van der Waals surface area (Å²) in [5.41, 5.74) is 1.20. The topological polar surface area (TPSA) is 69.3 Å². The summed E-state index contributed by atoms with van der Waals surface area (Å²) in [6.45, 7) is 12.1. The number of carbonyl (C=O) groups excluding carboxylic acids is 1. The first kappa shape index (κ1) is 22.3. The molecule has 1 aromatic rings. The first-order chi connectivity index (χ1) is 14.3. The van der Waals surface area contributed by atoms with Gasteiger partial charge >= 0.3 is 0 Å². The number of pyridine rings is 1. The van der Waals surface area contributed by atoms with Gasteiger partial charge in [-0.05, 0) is 44.2 Å². The number of hydrogen-bond donors (Lipinski definition) is 0. The molecule has 158 valence electrons. The predicted molar refractivity (Wildman–Crippen MR) is 127 cm³/mol. The third-order valence-corrected chi connectivity index (χ3v) is 6.96. The van der Waals surface area contributed by atoms with Crippen LogP contribution in [0, 0.1) is 24.2 Å². The van der Waals surface area contributed by atoms with Crippen molar-refractivity contribution in [3.05, 3.63) is 44.6 Å². The fourth-order valence-corrected chi connectivity index (χ4v) is 5.33. The Hall–Kier alpha value is -2.37. The molecule has 2 aliphatic rings. The second-order valence-corrected chi connectivity index (χ2v) is 9.35. The highest BCUT2D eigenvalue weighted by atomic mass is 32.2. The Morgan fingerprint density at radius 2 is 2.13 bits per heavy atom.